The van der Waals surface area contributed by atoms with Gasteiger partial charge in [-0.25, -0.2) is 0 Å². The Morgan fingerprint density at radius 2 is 2.12 bits per heavy atom. The molecule has 0 aromatic heterocycles. The number of carboxylic acids is 1. The largest absolute Gasteiger partial charge is 0.480 e. The maximum Gasteiger partial charge on any atom is 0.320 e. The fourth-order valence-corrected chi connectivity index (χ4v) is 1.95. The molecular weight excluding hydrogens is 218 g/mol. The van der Waals surface area contributed by atoms with Crippen molar-refractivity contribution in [3.63, 3.8) is 0 Å². The lowest BCUT2D eigenvalue weighted by atomic mass is 10.1. The molecule has 17 heavy (non-hydrogen) atoms. The van der Waals surface area contributed by atoms with E-state index < -0.39 is 12.0 Å². The first-order chi connectivity index (χ1) is 8.20. The van der Waals surface area contributed by atoms with Gasteiger partial charge in [-0.05, 0) is 29.9 Å². The fraction of sp³-hybridized carbons (Fsp3) is 0.462. The Balaban J connectivity index is 1.93. The van der Waals surface area contributed by atoms with Gasteiger partial charge >= 0.3 is 5.97 Å². The van der Waals surface area contributed by atoms with Crippen LogP contribution >= 0.6 is 0 Å². The maximum atomic E-state index is 11.0. The van der Waals surface area contributed by atoms with Gasteiger partial charge < -0.3 is 15.5 Å². The van der Waals surface area contributed by atoms with Gasteiger partial charge in [-0.3, -0.25) is 4.79 Å². The summed E-state index contributed by atoms with van der Waals surface area (Å²) in [5, 5.41) is 21.1. The molecule has 0 aliphatic heterocycles. The average molecular weight is 235 g/mol. The van der Waals surface area contributed by atoms with Crippen molar-refractivity contribution >= 4 is 5.97 Å². The van der Waals surface area contributed by atoms with Crippen molar-refractivity contribution in [3.05, 3.63) is 35.4 Å². The maximum absolute atomic E-state index is 11.0. The highest BCUT2D eigenvalue weighted by molar-refractivity contribution is 5.74. The van der Waals surface area contributed by atoms with E-state index in [-0.39, 0.29) is 12.5 Å². The average Bonchev–Trinajstić information content (AvgIpc) is 3.13. The third-order valence-corrected chi connectivity index (χ3v) is 3.06. The second kappa shape index (κ2) is 5.29. The highest BCUT2D eigenvalue weighted by Gasteiger charge is 2.35. The third kappa shape index (κ3) is 3.28. The number of aliphatic hydroxyl groups is 1. The number of carbonyl (C=O) groups is 1. The van der Waals surface area contributed by atoms with E-state index >= 15 is 0 Å². The van der Waals surface area contributed by atoms with Crippen LogP contribution < -0.4 is 5.32 Å². The summed E-state index contributed by atoms with van der Waals surface area (Å²) in [6.45, 7) is 0.542. The van der Waals surface area contributed by atoms with Crippen LogP contribution in [-0.2, 0) is 17.9 Å². The van der Waals surface area contributed by atoms with E-state index in [4.69, 9.17) is 10.2 Å². The van der Waals surface area contributed by atoms with Gasteiger partial charge in [0.15, 0.2) is 0 Å². The molecule has 1 unspecified atom stereocenters. The number of aliphatic carboxylic acids is 1. The zero-order valence-electron chi connectivity index (χ0n) is 9.60. The lowest BCUT2D eigenvalue weighted by Gasteiger charge is -2.13. The minimum Gasteiger partial charge on any atom is -0.480 e. The first kappa shape index (κ1) is 12.1. The Labute approximate surface area is 100 Å². The molecule has 1 aromatic carbocycles. The van der Waals surface area contributed by atoms with Crippen molar-refractivity contribution in [1.82, 2.24) is 5.32 Å². The van der Waals surface area contributed by atoms with Gasteiger partial charge in [0, 0.05) is 6.54 Å². The van der Waals surface area contributed by atoms with Gasteiger partial charge in [-0.15, -0.1) is 0 Å². The Kier molecular flexibility index (Phi) is 3.76. The first-order valence-electron chi connectivity index (χ1n) is 5.85. The number of benzene rings is 1. The van der Waals surface area contributed by atoms with Crippen molar-refractivity contribution in [3.8, 4) is 0 Å². The zero-order valence-corrected chi connectivity index (χ0v) is 9.60. The number of nitrogens with one attached hydrogen (secondary N) is 1. The molecule has 1 aliphatic rings. The second-order valence-corrected chi connectivity index (χ2v) is 4.51. The van der Waals surface area contributed by atoms with Crippen molar-refractivity contribution in [1.29, 1.82) is 0 Å². The smallest absolute Gasteiger partial charge is 0.320 e. The van der Waals surface area contributed by atoms with Crippen LogP contribution in [0.1, 0.15) is 24.0 Å². The molecule has 0 heterocycles. The minimum absolute atomic E-state index is 0.0127. The molecule has 1 saturated carbocycles. The summed E-state index contributed by atoms with van der Waals surface area (Å²) >= 11 is 0. The van der Waals surface area contributed by atoms with Crippen LogP contribution in [0.15, 0.2) is 24.3 Å². The zero-order chi connectivity index (χ0) is 12.3. The molecule has 1 atom stereocenters. The number of hydrogen-bond donors (Lipinski definition) is 3. The van der Waals surface area contributed by atoms with E-state index in [9.17, 15) is 4.79 Å². The third-order valence-electron chi connectivity index (χ3n) is 3.06. The topological polar surface area (TPSA) is 69.6 Å². The number of aliphatic hydroxyl groups excluding tert-OH is 1. The highest BCUT2D eigenvalue weighted by atomic mass is 16.4. The van der Waals surface area contributed by atoms with Crippen LogP contribution in [0.4, 0.5) is 0 Å². The van der Waals surface area contributed by atoms with E-state index in [1.165, 1.54) is 0 Å². The van der Waals surface area contributed by atoms with E-state index in [0.29, 0.717) is 6.54 Å². The summed E-state index contributed by atoms with van der Waals surface area (Å²) in [4.78, 5) is 11.0. The second-order valence-electron chi connectivity index (χ2n) is 4.51. The molecule has 0 radical (unpaired) electrons. The van der Waals surface area contributed by atoms with Crippen LogP contribution in [0, 0.1) is 5.92 Å². The van der Waals surface area contributed by atoms with Crippen LogP contribution in [0.3, 0.4) is 0 Å². The van der Waals surface area contributed by atoms with Gasteiger partial charge in [0.1, 0.15) is 6.04 Å². The molecule has 0 bridgehead atoms. The number of carboxylic acid groups (broad SMARTS) is 1. The molecule has 92 valence electrons. The molecule has 1 aliphatic carbocycles. The summed E-state index contributed by atoms with van der Waals surface area (Å²) in [6, 6.07) is 7.10. The summed E-state index contributed by atoms with van der Waals surface area (Å²) in [7, 11) is 0. The molecule has 1 fully saturated rings. The summed E-state index contributed by atoms with van der Waals surface area (Å²) in [5.74, 6) is -0.487. The molecule has 4 heteroatoms. The molecular formula is C13H17NO3. The predicted molar refractivity (Wildman–Crippen MR) is 63.4 cm³/mol. The molecule has 1 aromatic rings. The quantitative estimate of drug-likeness (QED) is 0.691. The normalized spacial score (nSPS) is 16.8. The molecule has 3 N–H and O–H groups in total. The van der Waals surface area contributed by atoms with Gasteiger partial charge in [0.2, 0.25) is 0 Å². The van der Waals surface area contributed by atoms with Gasteiger partial charge in [0.05, 0.1) is 6.61 Å². The first-order valence-corrected chi connectivity index (χ1v) is 5.85. The lowest BCUT2D eigenvalue weighted by Crippen LogP contribution is -2.38. The molecule has 0 amide bonds. The molecule has 2 rings (SSSR count). The van der Waals surface area contributed by atoms with Gasteiger partial charge in [-0.1, -0.05) is 24.3 Å². The summed E-state index contributed by atoms with van der Waals surface area (Å²) < 4.78 is 0. The van der Waals surface area contributed by atoms with Crippen LogP contribution in [0.25, 0.3) is 0 Å². The Bertz CT molecular complexity index is 401. The Morgan fingerprint density at radius 3 is 2.71 bits per heavy atom. The van der Waals surface area contributed by atoms with E-state index in [2.05, 4.69) is 5.32 Å². The van der Waals surface area contributed by atoms with Gasteiger partial charge in [0.25, 0.3) is 0 Å². The Hall–Kier alpha value is -1.39. The van der Waals surface area contributed by atoms with Crippen molar-refractivity contribution < 1.29 is 15.0 Å². The standard InChI is InChI=1S/C13H17NO3/c15-8-10-3-1-2-9(6-10)7-14-12(13(16)17)11-4-5-11/h1-3,6,11-12,14-15H,4-5,7-8H2,(H,16,17). The van der Waals surface area contributed by atoms with E-state index in [0.717, 1.165) is 24.0 Å². The van der Waals surface area contributed by atoms with Crippen LogP contribution in [0.5, 0.6) is 0 Å². The Morgan fingerprint density at radius 1 is 1.41 bits per heavy atom. The monoisotopic (exact) mass is 235 g/mol. The highest BCUT2D eigenvalue weighted by Crippen LogP contribution is 2.32. The number of hydrogen-bond acceptors (Lipinski definition) is 3. The molecule has 0 saturated heterocycles. The van der Waals surface area contributed by atoms with Crippen LogP contribution in [0.2, 0.25) is 0 Å². The number of rotatable bonds is 6. The predicted octanol–water partition coefficient (Wildman–Crippen LogP) is 1.13. The minimum atomic E-state index is -0.772. The SMILES string of the molecule is O=C(O)C(NCc1cccc(CO)c1)C1CC1. The van der Waals surface area contributed by atoms with Crippen molar-refractivity contribution in [2.75, 3.05) is 0 Å². The van der Waals surface area contributed by atoms with Crippen molar-refractivity contribution in [2.45, 2.75) is 32.0 Å². The summed E-state index contributed by atoms with van der Waals surface area (Å²) in [5.41, 5.74) is 1.85. The molecule has 4 nitrogen and oxygen atoms in total. The lowest BCUT2D eigenvalue weighted by molar-refractivity contribution is -0.140. The van der Waals surface area contributed by atoms with Crippen LogP contribution in [-0.4, -0.2) is 22.2 Å². The molecule has 0 spiro atoms. The van der Waals surface area contributed by atoms with Crippen molar-refractivity contribution in [2.24, 2.45) is 5.92 Å². The van der Waals surface area contributed by atoms with E-state index in [1.54, 1.807) is 0 Å². The summed E-state index contributed by atoms with van der Waals surface area (Å²) in [6.07, 6.45) is 2.00. The fourth-order valence-electron chi connectivity index (χ4n) is 1.95. The van der Waals surface area contributed by atoms with Gasteiger partial charge in [-0.2, -0.15) is 0 Å². The van der Waals surface area contributed by atoms with E-state index in [1.807, 2.05) is 24.3 Å².